The molecule has 1 aliphatic carbocycles. The number of rotatable bonds is 3. The molecule has 1 aromatic carbocycles. The average molecular weight is 271 g/mol. The fraction of sp³-hybridized carbons (Fsp3) is 0.500. The highest BCUT2D eigenvalue weighted by Gasteiger charge is 2.36. The maximum absolute atomic E-state index is 13.6. The van der Waals surface area contributed by atoms with E-state index in [0.717, 1.165) is 19.3 Å². The van der Waals surface area contributed by atoms with E-state index in [2.05, 4.69) is 0 Å². The minimum absolute atomic E-state index is 0.0699. The van der Waals surface area contributed by atoms with Gasteiger partial charge in [0.15, 0.2) is 5.78 Å². The van der Waals surface area contributed by atoms with E-state index < -0.39 is 11.4 Å². The molecule has 0 bridgehead atoms. The third-order valence-electron chi connectivity index (χ3n) is 3.57. The molecule has 1 aromatic rings. The summed E-state index contributed by atoms with van der Waals surface area (Å²) in [6, 6.07) is 4.25. The van der Waals surface area contributed by atoms with E-state index in [0.29, 0.717) is 23.4 Å². The minimum atomic E-state index is -1.26. The third-order valence-corrected chi connectivity index (χ3v) is 3.80. The number of carbonyl (C=O) groups excluding carboxylic acids is 1. The largest absolute Gasteiger partial charge is 0.382 e. The van der Waals surface area contributed by atoms with Crippen LogP contribution in [0.2, 0.25) is 5.02 Å². The third kappa shape index (κ3) is 2.90. The molecule has 98 valence electrons. The zero-order chi connectivity index (χ0) is 13.2. The van der Waals surface area contributed by atoms with Crippen molar-refractivity contribution in [3.8, 4) is 0 Å². The maximum Gasteiger partial charge on any atom is 0.168 e. The van der Waals surface area contributed by atoms with E-state index in [1.165, 1.54) is 12.1 Å². The molecule has 0 atom stereocenters. The van der Waals surface area contributed by atoms with Crippen LogP contribution in [0.5, 0.6) is 0 Å². The molecule has 1 saturated carbocycles. The van der Waals surface area contributed by atoms with Gasteiger partial charge in [0.05, 0.1) is 0 Å². The van der Waals surface area contributed by atoms with Gasteiger partial charge in [-0.05, 0) is 30.5 Å². The van der Waals surface area contributed by atoms with Crippen LogP contribution in [0.1, 0.15) is 37.7 Å². The van der Waals surface area contributed by atoms with E-state index in [9.17, 15) is 14.3 Å². The van der Waals surface area contributed by atoms with Crippen LogP contribution in [-0.2, 0) is 11.2 Å². The molecule has 0 unspecified atom stereocenters. The van der Waals surface area contributed by atoms with Gasteiger partial charge in [-0.15, -0.1) is 0 Å². The summed E-state index contributed by atoms with van der Waals surface area (Å²) in [5, 5.41) is 10.6. The van der Waals surface area contributed by atoms with Gasteiger partial charge < -0.3 is 5.11 Å². The quantitative estimate of drug-likeness (QED) is 0.915. The Labute approximate surface area is 111 Å². The maximum atomic E-state index is 13.6. The zero-order valence-corrected chi connectivity index (χ0v) is 10.8. The van der Waals surface area contributed by atoms with Gasteiger partial charge in [-0.1, -0.05) is 36.9 Å². The van der Waals surface area contributed by atoms with Crippen molar-refractivity contribution >= 4 is 17.4 Å². The van der Waals surface area contributed by atoms with Crippen molar-refractivity contribution in [1.82, 2.24) is 0 Å². The van der Waals surface area contributed by atoms with Gasteiger partial charge in [0.2, 0.25) is 0 Å². The topological polar surface area (TPSA) is 37.3 Å². The van der Waals surface area contributed by atoms with E-state index in [4.69, 9.17) is 11.6 Å². The molecule has 2 rings (SSSR count). The van der Waals surface area contributed by atoms with Crippen molar-refractivity contribution < 1.29 is 14.3 Å². The number of halogens is 2. The Morgan fingerprint density at radius 1 is 1.33 bits per heavy atom. The highest BCUT2D eigenvalue weighted by atomic mass is 35.5. The Morgan fingerprint density at radius 2 is 2.00 bits per heavy atom. The summed E-state index contributed by atoms with van der Waals surface area (Å²) < 4.78 is 13.6. The zero-order valence-electron chi connectivity index (χ0n) is 10.1. The lowest BCUT2D eigenvalue weighted by molar-refractivity contribution is -0.139. The second-order valence-corrected chi connectivity index (χ2v) is 5.36. The van der Waals surface area contributed by atoms with Crippen LogP contribution >= 0.6 is 11.6 Å². The molecule has 4 heteroatoms. The molecular weight excluding hydrogens is 255 g/mol. The predicted octanol–water partition coefficient (Wildman–Crippen LogP) is 3.29. The van der Waals surface area contributed by atoms with Crippen molar-refractivity contribution in [2.75, 3.05) is 0 Å². The number of hydrogen-bond acceptors (Lipinski definition) is 2. The lowest BCUT2D eigenvalue weighted by Gasteiger charge is -2.30. The number of Topliss-reactive ketones (excluding diaryl/α,β-unsaturated/α-hetero) is 1. The molecule has 0 radical (unpaired) electrons. The van der Waals surface area contributed by atoms with Crippen molar-refractivity contribution in [2.45, 2.75) is 44.1 Å². The first-order valence-electron chi connectivity index (χ1n) is 6.21. The highest BCUT2D eigenvalue weighted by molar-refractivity contribution is 6.30. The number of hydrogen-bond donors (Lipinski definition) is 1. The Morgan fingerprint density at radius 3 is 2.61 bits per heavy atom. The van der Waals surface area contributed by atoms with Gasteiger partial charge in [-0.3, -0.25) is 4.79 Å². The number of carbonyl (C=O) groups is 1. The van der Waals surface area contributed by atoms with Crippen LogP contribution in [-0.4, -0.2) is 16.5 Å². The van der Waals surface area contributed by atoms with Crippen LogP contribution in [0.15, 0.2) is 18.2 Å². The van der Waals surface area contributed by atoms with Crippen LogP contribution in [0.4, 0.5) is 4.39 Å². The summed E-state index contributed by atoms with van der Waals surface area (Å²) in [7, 11) is 0. The average Bonchev–Trinajstić information content (AvgIpc) is 2.33. The molecule has 1 N–H and O–H groups in total. The lowest BCUT2D eigenvalue weighted by Crippen LogP contribution is -2.41. The lowest BCUT2D eigenvalue weighted by atomic mass is 9.80. The Bertz CT molecular complexity index is 453. The van der Waals surface area contributed by atoms with E-state index in [1.54, 1.807) is 6.07 Å². The Hall–Kier alpha value is -0.930. The van der Waals surface area contributed by atoms with Crippen molar-refractivity contribution in [3.63, 3.8) is 0 Å². The standard InChI is InChI=1S/C14H16ClFO2/c15-11-5-4-10(12(16)9-11)8-13(17)14(18)6-2-1-3-7-14/h4-5,9,18H,1-3,6-8H2. The normalized spacial score (nSPS) is 18.6. The molecule has 0 aliphatic heterocycles. The Kier molecular flexibility index (Phi) is 4.03. The summed E-state index contributed by atoms with van der Waals surface area (Å²) in [5.74, 6) is -0.779. The predicted molar refractivity (Wildman–Crippen MR) is 68.2 cm³/mol. The van der Waals surface area contributed by atoms with Crippen LogP contribution < -0.4 is 0 Å². The van der Waals surface area contributed by atoms with Crippen molar-refractivity contribution in [2.24, 2.45) is 0 Å². The van der Waals surface area contributed by atoms with E-state index >= 15 is 0 Å². The first-order valence-corrected chi connectivity index (χ1v) is 6.59. The first-order chi connectivity index (χ1) is 8.51. The molecule has 0 spiro atoms. The van der Waals surface area contributed by atoms with Crippen LogP contribution in [0.3, 0.4) is 0 Å². The summed E-state index contributed by atoms with van der Waals surface area (Å²) in [4.78, 5) is 12.1. The molecule has 0 aromatic heterocycles. The van der Waals surface area contributed by atoms with Gasteiger partial charge in [0, 0.05) is 11.4 Å². The smallest absolute Gasteiger partial charge is 0.168 e. The van der Waals surface area contributed by atoms with Gasteiger partial charge in [-0.2, -0.15) is 0 Å². The molecule has 0 amide bonds. The summed E-state index contributed by atoms with van der Waals surface area (Å²) in [6.45, 7) is 0. The number of ketones is 1. The molecule has 1 fully saturated rings. The first kappa shape index (κ1) is 13.5. The van der Waals surface area contributed by atoms with Gasteiger partial charge in [-0.25, -0.2) is 4.39 Å². The molecule has 18 heavy (non-hydrogen) atoms. The van der Waals surface area contributed by atoms with E-state index in [-0.39, 0.29) is 12.2 Å². The van der Waals surface area contributed by atoms with Gasteiger partial charge in [0.1, 0.15) is 11.4 Å². The molecular formula is C14H16ClFO2. The monoisotopic (exact) mass is 270 g/mol. The number of aliphatic hydroxyl groups is 1. The molecule has 1 aliphatic rings. The SMILES string of the molecule is O=C(Cc1ccc(Cl)cc1F)C1(O)CCCCC1. The summed E-state index contributed by atoms with van der Waals surface area (Å²) >= 11 is 5.66. The summed E-state index contributed by atoms with van der Waals surface area (Å²) in [6.07, 6.45) is 3.66. The van der Waals surface area contributed by atoms with Crippen molar-refractivity contribution in [1.29, 1.82) is 0 Å². The van der Waals surface area contributed by atoms with E-state index in [1.807, 2.05) is 0 Å². The Balaban J connectivity index is 2.11. The fourth-order valence-corrected chi connectivity index (χ4v) is 2.58. The van der Waals surface area contributed by atoms with Crippen molar-refractivity contribution in [3.05, 3.63) is 34.6 Å². The minimum Gasteiger partial charge on any atom is -0.382 e. The highest BCUT2D eigenvalue weighted by Crippen LogP contribution is 2.30. The van der Waals surface area contributed by atoms with Crippen LogP contribution in [0.25, 0.3) is 0 Å². The molecule has 0 saturated heterocycles. The molecule has 0 heterocycles. The van der Waals surface area contributed by atoms with Gasteiger partial charge in [0.25, 0.3) is 0 Å². The fourth-order valence-electron chi connectivity index (χ4n) is 2.42. The second kappa shape index (κ2) is 5.37. The number of benzene rings is 1. The summed E-state index contributed by atoms with van der Waals surface area (Å²) in [5.41, 5.74) is -0.965. The van der Waals surface area contributed by atoms with Gasteiger partial charge >= 0.3 is 0 Å². The van der Waals surface area contributed by atoms with Crippen LogP contribution in [0, 0.1) is 5.82 Å². The molecule has 2 nitrogen and oxygen atoms in total. The second-order valence-electron chi connectivity index (χ2n) is 4.93.